The van der Waals surface area contributed by atoms with Crippen molar-refractivity contribution >= 4 is 28.5 Å². The molecule has 1 N–H and O–H groups in total. The van der Waals surface area contributed by atoms with Crippen LogP contribution in [-0.2, 0) is 4.79 Å². The number of rotatable bonds is 3. The van der Waals surface area contributed by atoms with Crippen LogP contribution < -0.4 is 9.64 Å². The van der Waals surface area contributed by atoms with Crippen LogP contribution in [0.3, 0.4) is 0 Å². The maximum atomic E-state index is 11.5. The Morgan fingerprint density at radius 3 is 2.62 bits per heavy atom. The van der Waals surface area contributed by atoms with Crippen LogP contribution in [0.2, 0.25) is 0 Å². The molecule has 0 unspecified atom stereocenters. The molecule has 0 bridgehead atoms. The number of carbonyl (C=O) groups excluding carboxylic acids is 1. The van der Waals surface area contributed by atoms with Crippen molar-refractivity contribution in [1.82, 2.24) is 0 Å². The molecule has 0 aromatic heterocycles. The highest BCUT2D eigenvalue weighted by atomic mass is 32.2. The molecule has 1 aliphatic rings. The third kappa shape index (κ3) is 2.04. The molecule has 2 rings (SSSR count). The molecule has 0 aliphatic carbocycles. The zero-order chi connectivity index (χ0) is 11.5. The lowest BCUT2D eigenvalue weighted by molar-refractivity contribution is -0.115. The van der Waals surface area contributed by atoms with Gasteiger partial charge in [0.25, 0.3) is 0 Å². The summed E-state index contributed by atoms with van der Waals surface area (Å²) in [5, 5.41) is 7.93. The molecule has 0 saturated carbocycles. The highest BCUT2D eigenvalue weighted by Gasteiger charge is 2.28. The van der Waals surface area contributed by atoms with Gasteiger partial charge >= 0.3 is 0 Å². The molecule has 4 nitrogen and oxygen atoms in total. The zero-order valence-electron chi connectivity index (χ0n) is 8.90. The van der Waals surface area contributed by atoms with Crippen molar-refractivity contribution in [1.29, 1.82) is 5.41 Å². The van der Waals surface area contributed by atoms with E-state index in [4.69, 9.17) is 10.1 Å². The molecule has 1 aromatic rings. The number of nitrogens with one attached hydrogen (secondary N) is 1. The summed E-state index contributed by atoms with van der Waals surface area (Å²) in [4.78, 5) is 12.9. The lowest BCUT2D eigenvalue weighted by Gasteiger charge is -2.15. The fourth-order valence-corrected chi connectivity index (χ4v) is 2.22. The molecule has 5 heteroatoms. The van der Waals surface area contributed by atoms with E-state index in [1.165, 1.54) is 16.7 Å². The Morgan fingerprint density at radius 1 is 1.44 bits per heavy atom. The van der Waals surface area contributed by atoms with Gasteiger partial charge in [-0.2, -0.15) is 0 Å². The summed E-state index contributed by atoms with van der Waals surface area (Å²) >= 11 is 1.25. The number of ether oxygens (including phenoxy) is 1. The number of amides is 1. The number of anilines is 1. The van der Waals surface area contributed by atoms with Gasteiger partial charge in [0.15, 0.2) is 5.17 Å². The van der Waals surface area contributed by atoms with Gasteiger partial charge in [0.2, 0.25) is 5.91 Å². The third-order valence-electron chi connectivity index (χ3n) is 2.19. The Hall–Kier alpha value is -1.49. The number of thioether (sulfide) groups is 1. The van der Waals surface area contributed by atoms with E-state index >= 15 is 0 Å². The minimum Gasteiger partial charge on any atom is -0.494 e. The Kier molecular flexibility index (Phi) is 3.14. The zero-order valence-corrected chi connectivity index (χ0v) is 9.71. The quantitative estimate of drug-likeness (QED) is 0.874. The predicted molar refractivity (Wildman–Crippen MR) is 65.3 cm³/mol. The second kappa shape index (κ2) is 4.57. The molecule has 16 heavy (non-hydrogen) atoms. The Labute approximate surface area is 98.1 Å². The average molecular weight is 236 g/mol. The Morgan fingerprint density at radius 2 is 2.12 bits per heavy atom. The van der Waals surface area contributed by atoms with Crippen LogP contribution in [0.1, 0.15) is 6.92 Å². The molecular formula is C11H12N2O2S. The molecule has 1 aromatic carbocycles. The molecule has 1 saturated heterocycles. The summed E-state index contributed by atoms with van der Waals surface area (Å²) in [5.74, 6) is 1.09. The summed E-state index contributed by atoms with van der Waals surface area (Å²) in [7, 11) is 0. The molecular weight excluding hydrogens is 224 g/mol. The van der Waals surface area contributed by atoms with E-state index in [-0.39, 0.29) is 11.1 Å². The van der Waals surface area contributed by atoms with Crippen molar-refractivity contribution in [3.63, 3.8) is 0 Å². The van der Waals surface area contributed by atoms with Gasteiger partial charge in [-0.05, 0) is 31.2 Å². The monoisotopic (exact) mass is 236 g/mol. The van der Waals surface area contributed by atoms with Crippen LogP contribution in [0.25, 0.3) is 0 Å². The molecule has 0 radical (unpaired) electrons. The number of carbonyl (C=O) groups is 1. The minimum absolute atomic E-state index is 0.0424. The Bertz CT molecular complexity index is 400. The number of nitrogens with zero attached hydrogens (tertiary/aromatic N) is 1. The fourth-order valence-electron chi connectivity index (χ4n) is 1.49. The van der Waals surface area contributed by atoms with E-state index in [2.05, 4.69) is 0 Å². The second-order valence-corrected chi connectivity index (χ2v) is 4.21. The number of hydrogen-bond donors (Lipinski definition) is 1. The van der Waals surface area contributed by atoms with E-state index in [1.54, 1.807) is 12.1 Å². The number of benzene rings is 1. The first-order valence-corrected chi connectivity index (χ1v) is 5.98. The molecule has 0 spiro atoms. The predicted octanol–water partition coefficient (Wildman–Crippen LogP) is 2.10. The van der Waals surface area contributed by atoms with Crippen molar-refractivity contribution in [2.75, 3.05) is 17.3 Å². The fraction of sp³-hybridized carbons (Fsp3) is 0.273. The standard InChI is InChI=1S/C11H12N2O2S/c1-2-15-9-5-3-8(4-6-9)13-10(14)7-16-11(13)12/h3-6,12H,2,7H2,1H3. The van der Waals surface area contributed by atoms with Gasteiger partial charge in [0, 0.05) is 0 Å². The summed E-state index contributed by atoms with van der Waals surface area (Å²) in [6.07, 6.45) is 0. The van der Waals surface area contributed by atoms with Gasteiger partial charge in [-0.3, -0.25) is 15.1 Å². The molecule has 0 atom stereocenters. The lowest BCUT2D eigenvalue weighted by Crippen LogP contribution is -2.28. The highest BCUT2D eigenvalue weighted by Crippen LogP contribution is 2.27. The highest BCUT2D eigenvalue weighted by molar-refractivity contribution is 8.15. The van der Waals surface area contributed by atoms with Gasteiger partial charge in [-0.25, -0.2) is 0 Å². The first-order chi connectivity index (χ1) is 7.72. The summed E-state index contributed by atoms with van der Waals surface area (Å²) < 4.78 is 5.31. The second-order valence-electron chi connectivity index (χ2n) is 3.25. The van der Waals surface area contributed by atoms with E-state index < -0.39 is 0 Å². The normalized spacial score (nSPS) is 15.7. The molecule has 1 aliphatic heterocycles. The van der Waals surface area contributed by atoms with Crippen LogP contribution in [0.5, 0.6) is 5.75 Å². The average Bonchev–Trinajstić information content (AvgIpc) is 2.61. The molecule has 1 amide bonds. The number of amidine groups is 1. The molecule has 84 valence electrons. The van der Waals surface area contributed by atoms with Gasteiger partial charge in [-0.1, -0.05) is 11.8 Å². The van der Waals surface area contributed by atoms with Crippen LogP contribution >= 0.6 is 11.8 Å². The smallest absolute Gasteiger partial charge is 0.243 e. The van der Waals surface area contributed by atoms with E-state index in [9.17, 15) is 4.79 Å². The van der Waals surface area contributed by atoms with Crippen molar-refractivity contribution in [2.45, 2.75) is 6.92 Å². The van der Waals surface area contributed by atoms with Crippen molar-refractivity contribution in [2.24, 2.45) is 0 Å². The Balaban J connectivity index is 2.21. The van der Waals surface area contributed by atoms with Crippen LogP contribution in [0.15, 0.2) is 24.3 Å². The van der Waals surface area contributed by atoms with Crippen molar-refractivity contribution in [3.8, 4) is 5.75 Å². The maximum absolute atomic E-state index is 11.5. The maximum Gasteiger partial charge on any atom is 0.243 e. The van der Waals surface area contributed by atoms with Crippen molar-refractivity contribution in [3.05, 3.63) is 24.3 Å². The largest absolute Gasteiger partial charge is 0.494 e. The first kappa shape index (κ1) is 11.0. The van der Waals surface area contributed by atoms with Gasteiger partial charge < -0.3 is 4.74 Å². The summed E-state index contributed by atoms with van der Waals surface area (Å²) in [5.41, 5.74) is 0.725. The van der Waals surface area contributed by atoms with Crippen LogP contribution in [0, 0.1) is 5.41 Å². The van der Waals surface area contributed by atoms with Crippen LogP contribution in [0.4, 0.5) is 5.69 Å². The minimum atomic E-state index is -0.0424. The summed E-state index contributed by atoms with van der Waals surface area (Å²) in [6, 6.07) is 7.21. The van der Waals surface area contributed by atoms with E-state index in [0.717, 1.165) is 11.4 Å². The summed E-state index contributed by atoms with van der Waals surface area (Å²) in [6.45, 7) is 2.54. The molecule has 1 fully saturated rings. The van der Waals surface area contributed by atoms with Gasteiger partial charge in [0.1, 0.15) is 5.75 Å². The first-order valence-electron chi connectivity index (χ1n) is 4.99. The topological polar surface area (TPSA) is 53.4 Å². The third-order valence-corrected chi connectivity index (χ3v) is 3.04. The van der Waals surface area contributed by atoms with Crippen LogP contribution in [-0.4, -0.2) is 23.4 Å². The number of hydrogen-bond acceptors (Lipinski definition) is 4. The van der Waals surface area contributed by atoms with E-state index in [0.29, 0.717) is 12.4 Å². The van der Waals surface area contributed by atoms with Crippen molar-refractivity contribution < 1.29 is 9.53 Å². The molecule has 1 heterocycles. The van der Waals surface area contributed by atoms with Gasteiger partial charge in [-0.15, -0.1) is 0 Å². The lowest BCUT2D eigenvalue weighted by atomic mass is 10.3. The van der Waals surface area contributed by atoms with E-state index in [1.807, 2.05) is 19.1 Å². The van der Waals surface area contributed by atoms with Gasteiger partial charge in [0.05, 0.1) is 18.0 Å². The SMILES string of the molecule is CCOc1ccc(N2C(=N)SCC2=O)cc1.